The van der Waals surface area contributed by atoms with Gasteiger partial charge in [-0.15, -0.1) is 0 Å². The van der Waals surface area contributed by atoms with Gasteiger partial charge < -0.3 is 20.1 Å². The molecule has 0 aromatic heterocycles. The fraction of sp³-hybridized carbons (Fsp3) is 0.429. The molecule has 0 bridgehead atoms. The molecule has 1 rings (SSSR count). The van der Waals surface area contributed by atoms with Crippen LogP contribution < -0.4 is 10.1 Å². The minimum atomic E-state index is -1.06. The molecule has 0 aliphatic rings. The number of carbonyl (C=O) groups is 2. The van der Waals surface area contributed by atoms with Crippen LogP contribution in [0.25, 0.3) is 0 Å². The van der Waals surface area contributed by atoms with E-state index in [4.69, 9.17) is 9.84 Å². The van der Waals surface area contributed by atoms with Crippen LogP contribution in [0.4, 0.5) is 4.79 Å². The SMILES string of the molecule is CCN(CCOc1ccccc1)C(=O)N[C@H](C)C(=O)O. The second-order valence-corrected chi connectivity index (χ2v) is 4.25. The quantitative estimate of drug-likeness (QED) is 0.794. The molecule has 1 aromatic carbocycles. The molecule has 0 saturated heterocycles. The molecule has 1 aromatic rings. The number of hydrogen-bond donors (Lipinski definition) is 2. The minimum Gasteiger partial charge on any atom is -0.492 e. The summed E-state index contributed by atoms with van der Waals surface area (Å²) in [6.07, 6.45) is 0. The van der Waals surface area contributed by atoms with E-state index >= 15 is 0 Å². The zero-order chi connectivity index (χ0) is 15.0. The maximum Gasteiger partial charge on any atom is 0.325 e. The number of carboxylic acid groups (broad SMARTS) is 1. The Morgan fingerprint density at radius 2 is 2.00 bits per heavy atom. The minimum absolute atomic E-state index is 0.354. The van der Waals surface area contributed by atoms with Crippen LogP contribution >= 0.6 is 0 Å². The van der Waals surface area contributed by atoms with E-state index in [2.05, 4.69) is 5.32 Å². The fourth-order valence-corrected chi connectivity index (χ4v) is 1.53. The lowest BCUT2D eigenvalue weighted by Gasteiger charge is -2.22. The Hall–Kier alpha value is -2.24. The first-order chi connectivity index (χ1) is 9.54. The Morgan fingerprint density at radius 3 is 2.55 bits per heavy atom. The van der Waals surface area contributed by atoms with Crippen molar-refractivity contribution in [2.75, 3.05) is 19.7 Å². The van der Waals surface area contributed by atoms with Gasteiger partial charge in [0.25, 0.3) is 0 Å². The van der Waals surface area contributed by atoms with Gasteiger partial charge in [-0.2, -0.15) is 0 Å². The van der Waals surface area contributed by atoms with E-state index in [9.17, 15) is 9.59 Å². The van der Waals surface area contributed by atoms with E-state index in [0.717, 1.165) is 5.75 Å². The number of rotatable bonds is 7. The number of nitrogens with zero attached hydrogens (tertiary/aromatic N) is 1. The highest BCUT2D eigenvalue weighted by atomic mass is 16.5. The zero-order valence-corrected chi connectivity index (χ0v) is 11.7. The van der Waals surface area contributed by atoms with Crippen LogP contribution in [-0.4, -0.2) is 47.7 Å². The van der Waals surface area contributed by atoms with Crippen molar-refractivity contribution in [3.63, 3.8) is 0 Å². The van der Waals surface area contributed by atoms with E-state index in [1.165, 1.54) is 11.8 Å². The molecule has 0 unspecified atom stereocenters. The Kier molecular flexibility index (Phi) is 6.36. The van der Waals surface area contributed by atoms with Crippen molar-refractivity contribution in [2.24, 2.45) is 0 Å². The number of aliphatic carboxylic acids is 1. The van der Waals surface area contributed by atoms with E-state index in [1.54, 1.807) is 0 Å². The third kappa shape index (κ3) is 5.17. The van der Waals surface area contributed by atoms with Crippen LogP contribution in [-0.2, 0) is 4.79 Å². The molecule has 0 radical (unpaired) electrons. The summed E-state index contributed by atoms with van der Waals surface area (Å²) in [7, 11) is 0. The highest BCUT2D eigenvalue weighted by Gasteiger charge is 2.18. The number of carboxylic acids is 1. The average molecular weight is 280 g/mol. The van der Waals surface area contributed by atoms with Gasteiger partial charge in [-0.05, 0) is 26.0 Å². The van der Waals surface area contributed by atoms with Crippen molar-refractivity contribution in [3.05, 3.63) is 30.3 Å². The average Bonchev–Trinajstić information content (AvgIpc) is 2.44. The molecule has 110 valence electrons. The largest absolute Gasteiger partial charge is 0.492 e. The van der Waals surface area contributed by atoms with Crippen molar-refractivity contribution in [1.82, 2.24) is 10.2 Å². The summed E-state index contributed by atoms with van der Waals surface area (Å²) in [6.45, 7) is 4.48. The van der Waals surface area contributed by atoms with E-state index in [-0.39, 0.29) is 0 Å². The normalized spacial score (nSPS) is 11.5. The van der Waals surface area contributed by atoms with Crippen LogP contribution in [0.3, 0.4) is 0 Å². The summed E-state index contributed by atoms with van der Waals surface area (Å²) in [4.78, 5) is 24.0. The van der Waals surface area contributed by atoms with Crippen molar-refractivity contribution in [1.29, 1.82) is 0 Å². The number of nitrogens with one attached hydrogen (secondary N) is 1. The third-order valence-corrected chi connectivity index (χ3v) is 2.75. The number of para-hydroxylation sites is 1. The first-order valence-electron chi connectivity index (χ1n) is 6.50. The van der Waals surface area contributed by atoms with Crippen LogP contribution in [0, 0.1) is 0 Å². The molecule has 2 amide bonds. The summed E-state index contributed by atoms with van der Waals surface area (Å²) in [5, 5.41) is 11.2. The van der Waals surface area contributed by atoms with E-state index in [0.29, 0.717) is 19.7 Å². The molecule has 0 heterocycles. The Bertz CT molecular complexity index is 436. The maximum atomic E-state index is 11.8. The van der Waals surface area contributed by atoms with Crippen LogP contribution in [0.15, 0.2) is 30.3 Å². The number of amides is 2. The summed E-state index contributed by atoms with van der Waals surface area (Å²) in [6, 6.07) is 7.99. The lowest BCUT2D eigenvalue weighted by Crippen LogP contribution is -2.47. The smallest absolute Gasteiger partial charge is 0.325 e. The van der Waals surface area contributed by atoms with E-state index < -0.39 is 18.0 Å². The molecule has 0 aliphatic carbocycles. The van der Waals surface area contributed by atoms with Crippen molar-refractivity contribution in [3.8, 4) is 5.75 Å². The van der Waals surface area contributed by atoms with Gasteiger partial charge in [0.15, 0.2) is 0 Å². The lowest BCUT2D eigenvalue weighted by molar-refractivity contribution is -0.138. The van der Waals surface area contributed by atoms with Gasteiger partial charge in [0, 0.05) is 6.54 Å². The van der Waals surface area contributed by atoms with Crippen molar-refractivity contribution < 1.29 is 19.4 Å². The standard InChI is InChI=1S/C14H20N2O4/c1-3-16(14(19)15-11(2)13(17)18)9-10-20-12-7-5-4-6-8-12/h4-8,11H,3,9-10H2,1-2H3,(H,15,19)(H,17,18)/t11-/m1/s1. The number of ether oxygens (including phenoxy) is 1. The first kappa shape index (κ1) is 15.8. The summed E-state index contributed by atoms with van der Waals surface area (Å²) in [5.41, 5.74) is 0. The molecule has 20 heavy (non-hydrogen) atoms. The van der Waals surface area contributed by atoms with Gasteiger partial charge in [-0.1, -0.05) is 18.2 Å². The number of urea groups is 1. The van der Waals surface area contributed by atoms with Gasteiger partial charge in [-0.25, -0.2) is 4.79 Å². The fourth-order valence-electron chi connectivity index (χ4n) is 1.53. The summed E-state index contributed by atoms with van der Waals surface area (Å²) in [5.74, 6) is -0.321. The topological polar surface area (TPSA) is 78.9 Å². The van der Waals surface area contributed by atoms with Crippen molar-refractivity contribution >= 4 is 12.0 Å². The monoisotopic (exact) mass is 280 g/mol. The van der Waals surface area contributed by atoms with Crippen molar-refractivity contribution in [2.45, 2.75) is 19.9 Å². The maximum absolute atomic E-state index is 11.8. The van der Waals surface area contributed by atoms with Gasteiger partial charge in [-0.3, -0.25) is 4.79 Å². The second kappa shape index (κ2) is 8.04. The van der Waals surface area contributed by atoms with Gasteiger partial charge in [0.05, 0.1) is 6.54 Å². The molecule has 1 atom stereocenters. The predicted octanol–water partition coefficient (Wildman–Crippen LogP) is 1.57. The van der Waals surface area contributed by atoms with Gasteiger partial charge in [0.2, 0.25) is 0 Å². The molecule has 6 nitrogen and oxygen atoms in total. The number of hydrogen-bond acceptors (Lipinski definition) is 3. The van der Waals surface area contributed by atoms with Gasteiger partial charge >= 0.3 is 12.0 Å². The number of likely N-dealkylation sites (N-methyl/N-ethyl adjacent to an activating group) is 1. The molecular formula is C14H20N2O4. The Morgan fingerprint density at radius 1 is 1.35 bits per heavy atom. The highest BCUT2D eigenvalue weighted by Crippen LogP contribution is 2.07. The molecule has 0 aliphatic heterocycles. The summed E-state index contributed by atoms with van der Waals surface area (Å²) >= 11 is 0. The van der Waals surface area contributed by atoms with Crippen LogP contribution in [0.2, 0.25) is 0 Å². The highest BCUT2D eigenvalue weighted by molar-refractivity contribution is 5.82. The third-order valence-electron chi connectivity index (χ3n) is 2.75. The molecule has 0 saturated carbocycles. The molecule has 0 fully saturated rings. The summed E-state index contributed by atoms with van der Waals surface area (Å²) < 4.78 is 5.50. The number of carbonyl (C=O) groups excluding carboxylic acids is 1. The molecule has 6 heteroatoms. The molecular weight excluding hydrogens is 260 g/mol. The number of benzene rings is 1. The lowest BCUT2D eigenvalue weighted by atomic mass is 10.3. The van der Waals surface area contributed by atoms with E-state index in [1.807, 2.05) is 37.3 Å². The molecule has 0 spiro atoms. The molecule has 2 N–H and O–H groups in total. The van der Waals surface area contributed by atoms with Crippen LogP contribution in [0.5, 0.6) is 5.75 Å². The Labute approximate surface area is 118 Å². The Balaban J connectivity index is 2.39. The van der Waals surface area contributed by atoms with Crippen LogP contribution in [0.1, 0.15) is 13.8 Å². The predicted molar refractivity (Wildman–Crippen MR) is 74.8 cm³/mol. The zero-order valence-electron chi connectivity index (χ0n) is 11.7. The second-order valence-electron chi connectivity index (χ2n) is 4.25. The first-order valence-corrected chi connectivity index (χ1v) is 6.50. The van der Waals surface area contributed by atoms with Gasteiger partial charge in [0.1, 0.15) is 18.4 Å².